The molecule has 1 atom stereocenters. The van der Waals surface area contributed by atoms with Crippen LogP contribution in [0.1, 0.15) is 23.7 Å². The van der Waals surface area contributed by atoms with Crippen LogP contribution in [-0.2, 0) is 16.0 Å². The van der Waals surface area contributed by atoms with E-state index in [9.17, 15) is 0 Å². The number of anilines is 2. The van der Waals surface area contributed by atoms with Crippen molar-refractivity contribution in [3.05, 3.63) is 66.6 Å². The number of aromatic nitrogens is 7. The first-order valence-electron chi connectivity index (χ1n) is 14.7. The monoisotopic (exact) mass is 612 g/mol. The number of ether oxygens (including phenoxy) is 4. The number of benzene rings is 1. The van der Waals surface area contributed by atoms with E-state index < -0.39 is 14.3 Å². The lowest BCUT2D eigenvalue weighted by Gasteiger charge is -2.27. The Morgan fingerprint density at radius 2 is 1.89 bits per heavy atom. The first-order valence-corrected chi connectivity index (χ1v) is 18.4. The molecule has 0 spiro atoms. The van der Waals surface area contributed by atoms with Crippen LogP contribution in [-0.4, -0.2) is 76.4 Å². The predicted molar refractivity (Wildman–Crippen MR) is 168 cm³/mol. The van der Waals surface area contributed by atoms with Crippen LogP contribution in [0.15, 0.2) is 55.2 Å². The highest BCUT2D eigenvalue weighted by molar-refractivity contribution is 6.76. The van der Waals surface area contributed by atoms with Gasteiger partial charge in [0.05, 0.1) is 69.4 Å². The maximum Gasteiger partial charge on any atom is 0.180 e. The number of fused-ring (bicyclic) bond motifs is 3. The van der Waals surface area contributed by atoms with Crippen molar-refractivity contribution in [2.45, 2.75) is 44.5 Å². The van der Waals surface area contributed by atoms with Crippen molar-refractivity contribution in [2.75, 3.05) is 38.9 Å². The van der Waals surface area contributed by atoms with Gasteiger partial charge in [-0.05, 0) is 18.2 Å². The summed E-state index contributed by atoms with van der Waals surface area (Å²) in [4.78, 5) is 21.4. The molecule has 228 valence electrons. The van der Waals surface area contributed by atoms with Crippen molar-refractivity contribution in [1.29, 1.82) is 0 Å². The number of nitrogens with zero attached hydrogens (tertiary/aromatic N) is 8. The van der Waals surface area contributed by atoms with Gasteiger partial charge in [-0.25, -0.2) is 15.0 Å². The third kappa shape index (κ3) is 5.31. The number of rotatable bonds is 9. The summed E-state index contributed by atoms with van der Waals surface area (Å²) in [5.41, 5.74) is 4.57. The molecule has 1 aromatic carbocycles. The van der Waals surface area contributed by atoms with Gasteiger partial charge in [0.2, 0.25) is 0 Å². The van der Waals surface area contributed by atoms with E-state index in [1.165, 1.54) is 0 Å². The lowest BCUT2D eigenvalue weighted by atomic mass is 10.1. The summed E-state index contributed by atoms with van der Waals surface area (Å²) in [6.07, 6.45) is 8.90. The van der Waals surface area contributed by atoms with E-state index in [-0.39, 0.29) is 6.04 Å². The average Bonchev–Trinajstić information content (AvgIpc) is 3.63. The van der Waals surface area contributed by atoms with Crippen LogP contribution in [0.5, 0.6) is 11.5 Å². The van der Waals surface area contributed by atoms with Crippen LogP contribution in [0.2, 0.25) is 25.7 Å². The molecule has 1 saturated heterocycles. The van der Waals surface area contributed by atoms with Crippen molar-refractivity contribution in [3.63, 3.8) is 0 Å². The van der Waals surface area contributed by atoms with Gasteiger partial charge in [0.25, 0.3) is 0 Å². The smallest absolute Gasteiger partial charge is 0.180 e. The van der Waals surface area contributed by atoms with Gasteiger partial charge in [-0.15, -0.1) is 0 Å². The van der Waals surface area contributed by atoms with Crippen molar-refractivity contribution in [3.8, 4) is 22.8 Å². The highest BCUT2D eigenvalue weighted by Gasteiger charge is 2.33. The molecule has 2 aliphatic heterocycles. The molecule has 2 aliphatic rings. The molecule has 0 amide bonds. The second-order valence-corrected chi connectivity index (χ2v) is 17.9. The predicted octanol–water partition coefficient (Wildman–Crippen LogP) is 5.23. The van der Waals surface area contributed by atoms with E-state index in [1.54, 1.807) is 20.4 Å². The summed E-state index contributed by atoms with van der Waals surface area (Å²) < 4.78 is 27.7. The second-order valence-electron chi connectivity index (χ2n) is 12.3. The average molecular weight is 613 g/mol. The molecule has 4 aromatic heterocycles. The molecule has 0 N–H and O–H groups in total. The maximum absolute atomic E-state index is 6.67. The SMILES string of the molecule is COc1cc(OC)c2c(c1)N(c1ccc3ncc(-c4cnn(C5COC5)c4)nc3n1)Cc1nccn1C2OCC[Si](C)(C)C. The van der Waals surface area contributed by atoms with E-state index in [0.717, 1.165) is 28.7 Å². The molecule has 44 heavy (non-hydrogen) atoms. The van der Waals surface area contributed by atoms with Crippen LogP contribution >= 0.6 is 0 Å². The molecule has 13 heteroatoms. The lowest BCUT2D eigenvalue weighted by Crippen LogP contribution is -2.30. The Balaban J connectivity index is 1.32. The van der Waals surface area contributed by atoms with Crippen molar-refractivity contribution < 1.29 is 18.9 Å². The van der Waals surface area contributed by atoms with Gasteiger partial charge < -0.3 is 28.4 Å². The third-order valence-corrected chi connectivity index (χ3v) is 9.78. The quantitative estimate of drug-likeness (QED) is 0.205. The molecule has 1 unspecified atom stereocenters. The largest absolute Gasteiger partial charge is 0.497 e. The minimum absolute atomic E-state index is 0.259. The van der Waals surface area contributed by atoms with Crippen LogP contribution in [0, 0.1) is 0 Å². The summed E-state index contributed by atoms with van der Waals surface area (Å²) in [5, 5.41) is 4.51. The summed E-state index contributed by atoms with van der Waals surface area (Å²) in [6, 6.07) is 9.10. The zero-order valence-corrected chi connectivity index (χ0v) is 26.6. The normalized spacial score (nSPS) is 16.8. The number of imidazole rings is 1. The zero-order valence-electron chi connectivity index (χ0n) is 25.6. The van der Waals surface area contributed by atoms with Gasteiger partial charge in [-0.2, -0.15) is 5.10 Å². The van der Waals surface area contributed by atoms with Crippen molar-refractivity contribution >= 4 is 30.7 Å². The standard InChI is InChI=1S/C31H36N8O4Si/c1-40-22-12-25-29(26(13-22)41-2)31(43-10-11-44(3,4)5)37-9-8-32-28(37)17-38(25)27-7-6-23-30(36-27)35-24(15-33-23)20-14-34-39(16-20)21-18-42-19-21/h6-9,12-16,21,31H,10-11,17-19H2,1-5H3. The number of methoxy groups -OCH3 is 2. The Hall–Kier alpha value is -4.33. The Bertz CT molecular complexity index is 1810. The maximum atomic E-state index is 6.67. The van der Waals surface area contributed by atoms with Crippen LogP contribution in [0.3, 0.4) is 0 Å². The molecule has 0 saturated carbocycles. The molecule has 5 aromatic rings. The summed E-state index contributed by atoms with van der Waals surface area (Å²) in [5.74, 6) is 2.87. The molecule has 12 nitrogen and oxygen atoms in total. The Morgan fingerprint density at radius 3 is 2.64 bits per heavy atom. The van der Waals surface area contributed by atoms with Crippen molar-refractivity contribution in [1.82, 2.24) is 34.3 Å². The Morgan fingerprint density at radius 1 is 1.02 bits per heavy atom. The molecule has 6 heterocycles. The van der Waals surface area contributed by atoms with Gasteiger partial charge >= 0.3 is 0 Å². The highest BCUT2D eigenvalue weighted by Crippen LogP contribution is 2.46. The highest BCUT2D eigenvalue weighted by atomic mass is 28.3. The Kier molecular flexibility index (Phi) is 7.31. The second kappa shape index (κ2) is 11.3. The zero-order chi connectivity index (χ0) is 30.4. The molecule has 1 fully saturated rings. The number of hydrogen-bond donors (Lipinski definition) is 0. The lowest BCUT2D eigenvalue weighted by molar-refractivity contribution is -0.0286. The first kappa shape index (κ1) is 28.4. The molecule has 0 bridgehead atoms. The third-order valence-electron chi connectivity index (χ3n) is 8.08. The van der Waals surface area contributed by atoms with Gasteiger partial charge in [-0.3, -0.25) is 9.67 Å². The van der Waals surface area contributed by atoms with E-state index in [1.807, 2.05) is 53.7 Å². The fourth-order valence-corrected chi connectivity index (χ4v) is 6.19. The van der Waals surface area contributed by atoms with Gasteiger partial charge in [0.15, 0.2) is 11.9 Å². The topological polar surface area (TPSA) is 114 Å². The first-order chi connectivity index (χ1) is 21.3. The van der Waals surface area contributed by atoms with Crippen LogP contribution in [0.4, 0.5) is 11.5 Å². The molecule has 7 rings (SSSR count). The van der Waals surface area contributed by atoms with E-state index in [0.29, 0.717) is 60.5 Å². The molecular weight excluding hydrogens is 576 g/mol. The van der Waals surface area contributed by atoms with E-state index >= 15 is 0 Å². The van der Waals surface area contributed by atoms with E-state index in [4.69, 9.17) is 33.9 Å². The number of pyridine rings is 1. The minimum atomic E-state index is -1.33. The fraction of sp³-hybridized carbons (Fsp3) is 0.387. The summed E-state index contributed by atoms with van der Waals surface area (Å²) in [7, 11) is 2.00. The van der Waals surface area contributed by atoms with Gasteiger partial charge in [0, 0.05) is 51.0 Å². The van der Waals surface area contributed by atoms with E-state index in [2.05, 4.69) is 39.2 Å². The Labute approximate surface area is 256 Å². The summed E-state index contributed by atoms with van der Waals surface area (Å²) >= 11 is 0. The van der Waals surface area contributed by atoms with Crippen LogP contribution in [0.25, 0.3) is 22.4 Å². The molecule has 0 aliphatic carbocycles. The fourth-order valence-electron chi connectivity index (χ4n) is 5.46. The van der Waals surface area contributed by atoms with Crippen molar-refractivity contribution in [2.24, 2.45) is 0 Å². The minimum Gasteiger partial charge on any atom is -0.497 e. The molecule has 0 radical (unpaired) electrons. The van der Waals surface area contributed by atoms with Crippen LogP contribution < -0.4 is 14.4 Å². The summed E-state index contributed by atoms with van der Waals surface area (Å²) in [6.45, 7) is 9.47. The van der Waals surface area contributed by atoms with Gasteiger partial charge in [0.1, 0.15) is 28.7 Å². The van der Waals surface area contributed by atoms with Gasteiger partial charge in [-0.1, -0.05) is 19.6 Å². The number of hydrogen-bond acceptors (Lipinski definition) is 10. The molecular formula is C31H36N8O4Si.